The van der Waals surface area contributed by atoms with Crippen molar-refractivity contribution in [2.24, 2.45) is 0 Å². The molecule has 0 radical (unpaired) electrons. The number of aryl methyl sites for hydroxylation is 2. The highest BCUT2D eigenvalue weighted by Crippen LogP contribution is 2.27. The summed E-state index contributed by atoms with van der Waals surface area (Å²) in [5.41, 5.74) is 1.49. The van der Waals surface area contributed by atoms with E-state index in [1.807, 2.05) is 0 Å². The summed E-state index contributed by atoms with van der Waals surface area (Å²) in [6.07, 6.45) is 2.95. The third-order valence-corrected chi connectivity index (χ3v) is 4.23. The van der Waals surface area contributed by atoms with E-state index in [1.54, 1.807) is 12.1 Å². The first-order valence-electron chi connectivity index (χ1n) is 7.24. The fraction of sp³-hybridized carbons (Fsp3) is 0.250. The summed E-state index contributed by atoms with van der Waals surface area (Å²) in [6.45, 7) is 0. The van der Waals surface area contributed by atoms with E-state index in [-0.39, 0.29) is 21.4 Å². The van der Waals surface area contributed by atoms with Gasteiger partial charge in [0, 0.05) is 12.1 Å². The van der Waals surface area contributed by atoms with Crippen molar-refractivity contribution >= 4 is 34.6 Å². The maximum absolute atomic E-state index is 10.9. The van der Waals surface area contributed by atoms with Gasteiger partial charge in [0.2, 0.25) is 0 Å². The fourth-order valence-electron chi connectivity index (χ4n) is 2.37. The summed E-state index contributed by atoms with van der Waals surface area (Å²) < 4.78 is 0. The van der Waals surface area contributed by atoms with Crippen molar-refractivity contribution in [3.8, 4) is 0 Å². The Morgan fingerprint density at radius 1 is 0.750 bits per heavy atom. The molecule has 0 N–H and O–H groups in total. The predicted molar refractivity (Wildman–Crippen MR) is 92.9 cm³/mol. The monoisotopic (exact) mass is 368 g/mol. The van der Waals surface area contributed by atoms with Gasteiger partial charge in [-0.15, -0.1) is 0 Å². The van der Waals surface area contributed by atoms with Crippen molar-refractivity contribution < 1.29 is 9.85 Å². The number of hydrogen-bond donors (Lipinski definition) is 0. The summed E-state index contributed by atoms with van der Waals surface area (Å²) in [6, 6.07) is 9.55. The van der Waals surface area contributed by atoms with Gasteiger partial charge in [-0.25, -0.2) is 0 Å². The van der Waals surface area contributed by atoms with Crippen LogP contribution in [0, 0.1) is 20.2 Å². The van der Waals surface area contributed by atoms with Crippen LogP contribution in [0.15, 0.2) is 36.4 Å². The summed E-state index contributed by atoms with van der Waals surface area (Å²) in [7, 11) is 0. The Morgan fingerprint density at radius 3 is 1.46 bits per heavy atom. The molecule has 0 aliphatic heterocycles. The first kappa shape index (κ1) is 18.2. The van der Waals surface area contributed by atoms with Gasteiger partial charge in [-0.1, -0.05) is 35.3 Å². The molecule has 6 nitrogen and oxygen atoms in total. The van der Waals surface area contributed by atoms with Gasteiger partial charge in [0.25, 0.3) is 11.4 Å². The molecule has 0 spiro atoms. The highest BCUT2D eigenvalue weighted by Gasteiger charge is 2.13. The van der Waals surface area contributed by atoms with Gasteiger partial charge in [-0.05, 0) is 48.9 Å². The zero-order valence-corrected chi connectivity index (χ0v) is 14.1. The Balaban J connectivity index is 1.92. The largest absolute Gasteiger partial charge is 0.288 e. The lowest BCUT2D eigenvalue weighted by Gasteiger charge is -2.04. The Bertz CT molecular complexity index is 715. The number of nitro benzene ring substituents is 2. The van der Waals surface area contributed by atoms with Gasteiger partial charge in [0.15, 0.2) is 0 Å². The van der Waals surface area contributed by atoms with Gasteiger partial charge in [0.1, 0.15) is 10.0 Å². The highest BCUT2D eigenvalue weighted by atomic mass is 35.5. The molecule has 0 heterocycles. The molecule has 0 saturated carbocycles. The number of nitrogens with zero attached hydrogens (tertiary/aromatic N) is 2. The smallest absolute Gasteiger partial charge is 0.258 e. The van der Waals surface area contributed by atoms with Gasteiger partial charge < -0.3 is 0 Å². The number of benzene rings is 2. The van der Waals surface area contributed by atoms with Crippen molar-refractivity contribution in [1.29, 1.82) is 0 Å². The standard InChI is InChI=1S/C16H14Cl2N2O4/c17-13-7-5-11(9-15(13)19(21)22)3-1-2-4-12-6-8-14(18)16(10-12)20(23)24/h5-10H,1-4H2. The van der Waals surface area contributed by atoms with E-state index in [1.165, 1.54) is 24.3 Å². The molecule has 0 fully saturated rings. The van der Waals surface area contributed by atoms with E-state index >= 15 is 0 Å². The number of hydrogen-bond acceptors (Lipinski definition) is 4. The second-order valence-electron chi connectivity index (χ2n) is 5.29. The minimum absolute atomic E-state index is 0.0949. The SMILES string of the molecule is O=[N+]([O-])c1cc(CCCCc2ccc(Cl)c([N+](=O)[O-])c2)ccc1Cl. The summed E-state index contributed by atoms with van der Waals surface area (Å²) >= 11 is 11.6. The van der Waals surface area contributed by atoms with E-state index in [0.29, 0.717) is 12.8 Å². The third-order valence-electron chi connectivity index (χ3n) is 3.60. The molecule has 0 aliphatic rings. The Hall–Kier alpha value is -2.18. The van der Waals surface area contributed by atoms with Crippen molar-refractivity contribution in [2.45, 2.75) is 25.7 Å². The molecule has 0 aromatic heterocycles. The summed E-state index contributed by atoms with van der Waals surface area (Å²) in [5.74, 6) is 0. The van der Waals surface area contributed by atoms with Gasteiger partial charge in [-0.3, -0.25) is 20.2 Å². The van der Waals surface area contributed by atoms with Crippen LogP contribution in [0.2, 0.25) is 10.0 Å². The number of rotatable bonds is 7. The van der Waals surface area contributed by atoms with Gasteiger partial charge in [-0.2, -0.15) is 0 Å². The normalized spacial score (nSPS) is 10.6. The third kappa shape index (κ3) is 4.66. The molecule has 0 amide bonds. The van der Waals surface area contributed by atoms with E-state index in [9.17, 15) is 20.2 Å². The van der Waals surface area contributed by atoms with Crippen molar-refractivity contribution in [2.75, 3.05) is 0 Å². The minimum atomic E-state index is -0.501. The highest BCUT2D eigenvalue weighted by molar-refractivity contribution is 6.32. The quantitative estimate of drug-likeness (QED) is 0.373. The molecule has 0 aliphatic carbocycles. The minimum Gasteiger partial charge on any atom is -0.258 e. The van der Waals surface area contributed by atoms with E-state index < -0.39 is 9.85 Å². The Labute approximate surface area is 148 Å². The lowest BCUT2D eigenvalue weighted by molar-refractivity contribution is -0.384. The van der Waals surface area contributed by atoms with E-state index in [4.69, 9.17) is 23.2 Å². The zero-order valence-electron chi connectivity index (χ0n) is 12.6. The molecular weight excluding hydrogens is 355 g/mol. The topological polar surface area (TPSA) is 86.3 Å². The molecule has 24 heavy (non-hydrogen) atoms. The van der Waals surface area contributed by atoms with Crippen molar-refractivity contribution in [3.05, 3.63) is 77.8 Å². The maximum atomic E-state index is 10.9. The van der Waals surface area contributed by atoms with Crippen LogP contribution in [0.1, 0.15) is 24.0 Å². The maximum Gasteiger partial charge on any atom is 0.288 e. The van der Waals surface area contributed by atoms with E-state index in [0.717, 1.165) is 24.0 Å². The number of halogens is 2. The fourth-order valence-corrected chi connectivity index (χ4v) is 2.74. The first-order chi connectivity index (χ1) is 11.4. The van der Waals surface area contributed by atoms with Crippen LogP contribution in [0.5, 0.6) is 0 Å². The van der Waals surface area contributed by atoms with Crippen molar-refractivity contribution in [1.82, 2.24) is 0 Å². The molecule has 0 unspecified atom stereocenters. The number of nitro groups is 2. The zero-order chi connectivity index (χ0) is 17.7. The Morgan fingerprint density at radius 2 is 1.12 bits per heavy atom. The van der Waals surface area contributed by atoms with Crippen LogP contribution in [0.4, 0.5) is 11.4 Å². The van der Waals surface area contributed by atoms with Crippen LogP contribution in [-0.2, 0) is 12.8 Å². The second-order valence-corrected chi connectivity index (χ2v) is 6.11. The molecule has 2 aromatic carbocycles. The molecule has 2 aromatic rings. The average molecular weight is 369 g/mol. The Kier molecular flexibility index (Phi) is 6.11. The molecule has 0 atom stereocenters. The lowest BCUT2D eigenvalue weighted by Crippen LogP contribution is -1.94. The molecule has 8 heteroatoms. The van der Waals surface area contributed by atoms with Gasteiger partial charge in [0.05, 0.1) is 9.85 Å². The average Bonchev–Trinajstić information content (AvgIpc) is 2.53. The van der Waals surface area contributed by atoms with Crippen LogP contribution < -0.4 is 0 Å². The molecule has 0 saturated heterocycles. The predicted octanol–water partition coefficient (Wildman–Crippen LogP) is 5.38. The summed E-state index contributed by atoms with van der Waals surface area (Å²) in [5, 5.41) is 22.0. The van der Waals surface area contributed by atoms with Crippen LogP contribution in [0.3, 0.4) is 0 Å². The molecule has 2 rings (SSSR count). The van der Waals surface area contributed by atoms with E-state index in [2.05, 4.69) is 0 Å². The van der Waals surface area contributed by atoms with Gasteiger partial charge >= 0.3 is 0 Å². The molecular formula is C16H14Cl2N2O4. The first-order valence-corrected chi connectivity index (χ1v) is 7.99. The summed E-state index contributed by atoms with van der Waals surface area (Å²) in [4.78, 5) is 20.7. The molecule has 0 bridgehead atoms. The lowest BCUT2D eigenvalue weighted by atomic mass is 10.0. The van der Waals surface area contributed by atoms with Crippen LogP contribution in [-0.4, -0.2) is 9.85 Å². The molecule has 126 valence electrons. The second kappa shape index (κ2) is 8.08. The van der Waals surface area contributed by atoms with Crippen LogP contribution >= 0.6 is 23.2 Å². The number of unbranched alkanes of at least 4 members (excludes halogenated alkanes) is 1. The van der Waals surface area contributed by atoms with Crippen LogP contribution in [0.25, 0.3) is 0 Å². The van der Waals surface area contributed by atoms with Crippen molar-refractivity contribution in [3.63, 3.8) is 0 Å².